The molecule has 1 rings (SSSR count). The number of benzene rings is 1. The average Bonchev–Trinajstić information content (AvgIpc) is 2.49. The van der Waals surface area contributed by atoms with Gasteiger partial charge in [-0.25, -0.2) is 5.43 Å². The first-order valence-corrected chi connectivity index (χ1v) is 7.30. The summed E-state index contributed by atoms with van der Waals surface area (Å²) in [5.74, 6) is -0.639. The van der Waals surface area contributed by atoms with Crippen molar-refractivity contribution >= 4 is 5.69 Å². The number of nitrogens with two attached hydrogens (primary N) is 1. The van der Waals surface area contributed by atoms with Crippen LogP contribution >= 0.6 is 0 Å². The monoisotopic (exact) mass is 398 g/mol. The Morgan fingerprint density at radius 3 is 1.63 bits per heavy atom. The predicted octanol–water partition coefficient (Wildman–Crippen LogP) is 4.19. The van der Waals surface area contributed by atoms with Crippen molar-refractivity contribution in [2.24, 2.45) is 0 Å². The van der Waals surface area contributed by atoms with E-state index in [1.54, 1.807) is 0 Å². The van der Waals surface area contributed by atoms with Crippen LogP contribution in [0.25, 0.3) is 0 Å². The van der Waals surface area contributed by atoms with Crippen LogP contribution in [-0.4, -0.2) is 24.9 Å². The van der Waals surface area contributed by atoms with E-state index in [1.165, 1.54) is 17.9 Å². The molecule has 0 aliphatic rings. The molecule has 154 valence electrons. The van der Waals surface area contributed by atoms with E-state index in [9.17, 15) is 26.3 Å². The molecule has 0 heterocycles. The van der Waals surface area contributed by atoms with E-state index < -0.39 is 23.7 Å². The molecule has 0 bridgehead atoms. The normalized spacial score (nSPS) is 11.0. The molecule has 1 aromatic carbocycles. The average molecular weight is 398 g/mol. The number of halogens is 6. The van der Waals surface area contributed by atoms with Gasteiger partial charge in [-0.2, -0.15) is 26.3 Å². The molecule has 0 fully saturated rings. The van der Waals surface area contributed by atoms with E-state index in [4.69, 9.17) is 5.73 Å². The highest BCUT2D eigenvalue weighted by Gasteiger charge is 2.68. The fourth-order valence-electron chi connectivity index (χ4n) is 1.35. The fourth-order valence-corrected chi connectivity index (χ4v) is 1.35. The van der Waals surface area contributed by atoms with Gasteiger partial charge in [-0.05, 0) is 26.0 Å². The summed E-state index contributed by atoms with van der Waals surface area (Å²) < 4.78 is 74.0. The molecule has 0 radical (unpaired) electrons. The lowest BCUT2D eigenvalue weighted by molar-refractivity contribution is -0.299. The van der Waals surface area contributed by atoms with E-state index in [1.807, 2.05) is 36.6 Å². The Balaban J connectivity index is 0. The highest BCUT2D eigenvalue weighted by molar-refractivity contribution is 5.38. The van der Waals surface area contributed by atoms with Gasteiger partial charge in [0.1, 0.15) is 5.82 Å². The van der Waals surface area contributed by atoms with Crippen molar-refractivity contribution in [1.82, 2.24) is 16.2 Å². The Morgan fingerprint density at radius 2 is 1.37 bits per heavy atom. The molecule has 0 aliphatic carbocycles. The number of nitrogen functional groups attached to an aromatic ring is 1. The molecule has 4 nitrogen and oxygen atoms in total. The van der Waals surface area contributed by atoms with Crippen molar-refractivity contribution in [2.45, 2.75) is 31.7 Å². The number of hydrogen-bond donors (Lipinski definition) is 4. The minimum atomic E-state index is -5.50. The third kappa shape index (κ3) is 9.62. The minimum Gasteiger partial charge on any atom is -0.399 e. The van der Waals surface area contributed by atoms with Crippen molar-refractivity contribution in [1.29, 1.82) is 0 Å². The Hall–Kier alpha value is -2.58. The van der Waals surface area contributed by atoms with Gasteiger partial charge in [-0.1, -0.05) is 37.4 Å². The maximum Gasteiger partial charge on any atom is 0.420 e. The predicted molar refractivity (Wildman–Crippen MR) is 95.3 cm³/mol. The van der Waals surface area contributed by atoms with Gasteiger partial charge in [0.2, 0.25) is 5.54 Å². The summed E-state index contributed by atoms with van der Waals surface area (Å²) in [6.45, 7) is 11.3. The molecular weight excluding hydrogens is 374 g/mol. The Bertz CT molecular complexity index is 564. The SMILES string of the molecule is C=C(NNC)NC(C)(C(F)(F)F)C(F)(F)F.C=C=C.Cc1ccc(N)cc1. The molecule has 0 aromatic heterocycles. The number of hydrazine groups is 1. The van der Waals surface area contributed by atoms with Crippen molar-refractivity contribution in [3.8, 4) is 0 Å². The largest absolute Gasteiger partial charge is 0.420 e. The molecule has 0 unspecified atom stereocenters. The Labute approximate surface area is 154 Å². The van der Waals surface area contributed by atoms with Gasteiger partial charge < -0.3 is 16.5 Å². The van der Waals surface area contributed by atoms with Gasteiger partial charge in [-0.3, -0.25) is 0 Å². The molecule has 0 spiro atoms. The number of alkyl halides is 6. The first-order chi connectivity index (χ1) is 12.2. The number of anilines is 1. The van der Waals surface area contributed by atoms with Crippen LogP contribution in [0.2, 0.25) is 0 Å². The van der Waals surface area contributed by atoms with Gasteiger partial charge in [-0.15, -0.1) is 5.73 Å². The summed E-state index contributed by atoms with van der Waals surface area (Å²) in [6.07, 6.45) is -11.0. The molecule has 0 aliphatic heterocycles. The lowest BCUT2D eigenvalue weighted by Crippen LogP contribution is -2.65. The van der Waals surface area contributed by atoms with Gasteiger partial charge >= 0.3 is 12.4 Å². The number of aryl methyl sites for hydroxylation is 1. The first-order valence-electron chi connectivity index (χ1n) is 7.30. The quantitative estimate of drug-likeness (QED) is 0.266. The van der Waals surface area contributed by atoms with Crippen LogP contribution in [0.3, 0.4) is 0 Å². The van der Waals surface area contributed by atoms with E-state index in [-0.39, 0.29) is 6.92 Å². The van der Waals surface area contributed by atoms with Crippen LogP contribution < -0.4 is 21.9 Å². The van der Waals surface area contributed by atoms with Crippen molar-refractivity contribution in [2.75, 3.05) is 12.8 Å². The standard InChI is InChI=1S/C7H11F6N3.C7H9N.C3H4/c1-4(16-14-3)15-5(2,6(8,9)10)7(11,12)13;1-6-2-4-7(8)5-3-6;1-3-2/h14-16H,1H2,2-3H3;2-5H,8H2,1H3;1-2H2. The van der Waals surface area contributed by atoms with Crippen LogP contribution in [0, 0.1) is 6.92 Å². The van der Waals surface area contributed by atoms with Crippen LogP contribution in [0.15, 0.2) is 55.6 Å². The topological polar surface area (TPSA) is 62.1 Å². The maximum absolute atomic E-state index is 12.3. The molecule has 0 saturated heterocycles. The summed E-state index contributed by atoms with van der Waals surface area (Å²) in [4.78, 5) is 0. The summed E-state index contributed by atoms with van der Waals surface area (Å²) in [5.41, 5.74) is 9.84. The summed E-state index contributed by atoms with van der Waals surface area (Å²) in [6, 6.07) is 7.79. The molecule has 0 atom stereocenters. The van der Waals surface area contributed by atoms with Crippen LogP contribution in [0.1, 0.15) is 12.5 Å². The van der Waals surface area contributed by atoms with Gasteiger partial charge in [0.05, 0.1) is 0 Å². The molecule has 0 saturated carbocycles. The Kier molecular flexibility index (Phi) is 11.1. The second-order valence-electron chi connectivity index (χ2n) is 5.26. The van der Waals surface area contributed by atoms with E-state index >= 15 is 0 Å². The maximum atomic E-state index is 12.3. The highest BCUT2D eigenvalue weighted by atomic mass is 19.4. The van der Waals surface area contributed by atoms with Crippen molar-refractivity contribution in [3.63, 3.8) is 0 Å². The molecular formula is C17H24F6N4. The molecule has 27 heavy (non-hydrogen) atoms. The second-order valence-corrected chi connectivity index (χ2v) is 5.26. The van der Waals surface area contributed by atoms with Crippen molar-refractivity contribution in [3.05, 3.63) is 61.1 Å². The molecule has 0 amide bonds. The van der Waals surface area contributed by atoms with Crippen LogP contribution in [0.4, 0.5) is 32.0 Å². The van der Waals surface area contributed by atoms with E-state index in [0.717, 1.165) is 5.69 Å². The molecule has 5 N–H and O–H groups in total. The Morgan fingerprint density at radius 1 is 1.00 bits per heavy atom. The minimum absolute atomic E-state index is 0.00444. The number of rotatable bonds is 4. The summed E-state index contributed by atoms with van der Waals surface area (Å²) in [7, 11) is 1.27. The lowest BCUT2D eigenvalue weighted by Gasteiger charge is -2.35. The van der Waals surface area contributed by atoms with Crippen LogP contribution in [-0.2, 0) is 0 Å². The van der Waals surface area contributed by atoms with E-state index in [0.29, 0.717) is 0 Å². The van der Waals surface area contributed by atoms with Gasteiger partial charge in [0.15, 0.2) is 0 Å². The zero-order valence-electron chi connectivity index (χ0n) is 15.3. The van der Waals surface area contributed by atoms with Gasteiger partial charge in [0, 0.05) is 12.7 Å². The zero-order chi connectivity index (χ0) is 21.9. The van der Waals surface area contributed by atoms with Crippen LogP contribution in [0.5, 0.6) is 0 Å². The van der Waals surface area contributed by atoms with Crippen molar-refractivity contribution < 1.29 is 26.3 Å². The van der Waals surface area contributed by atoms with Gasteiger partial charge in [0.25, 0.3) is 0 Å². The highest BCUT2D eigenvalue weighted by Crippen LogP contribution is 2.42. The third-order valence-corrected chi connectivity index (χ3v) is 2.89. The second kappa shape index (κ2) is 11.2. The molecule has 1 aromatic rings. The number of hydrogen-bond acceptors (Lipinski definition) is 4. The lowest BCUT2D eigenvalue weighted by atomic mass is 10.0. The summed E-state index contributed by atoms with van der Waals surface area (Å²) in [5, 5.41) is 1.26. The number of nitrogens with one attached hydrogen (secondary N) is 3. The first kappa shape index (κ1) is 26.6. The zero-order valence-corrected chi connectivity index (χ0v) is 15.3. The molecule has 10 heteroatoms. The fraction of sp³-hybridized carbons (Fsp3) is 0.353. The smallest absolute Gasteiger partial charge is 0.399 e. The third-order valence-electron chi connectivity index (χ3n) is 2.89. The van der Waals surface area contributed by atoms with E-state index in [2.05, 4.69) is 30.9 Å². The summed E-state index contributed by atoms with van der Waals surface area (Å²) >= 11 is 0.